The molecule has 2 aliphatic heterocycles. The summed E-state index contributed by atoms with van der Waals surface area (Å²) < 4.78 is 1.30. The van der Waals surface area contributed by atoms with E-state index in [1.54, 1.807) is 11.0 Å². The van der Waals surface area contributed by atoms with Crippen LogP contribution in [0.1, 0.15) is 48.2 Å². The Morgan fingerprint density at radius 1 is 1.29 bits per heavy atom. The van der Waals surface area contributed by atoms with Crippen molar-refractivity contribution in [3.63, 3.8) is 0 Å². The van der Waals surface area contributed by atoms with Crippen LogP contribution in [0.2, 0.25) is 0 Å². The molecule has 2 amide bonds. The standard InChI is InChI=1S/C20H25N5O3/c1-13-9-16-21-10-15(18(27)25(16)22-13)17(26)24-8-6-20(12-24)5-2-7-23(19(20)28)11-14-3-4-14/h9-10,14,22H,2-8,11-12H2,1H3. The summed E-state index contributed by atoms with van der Waals surface area (Å²) in [5, 5.41) is 2.92. The number of carbonyl (C=O) groups excluding carboxylic acids is 2. The molecular weight excluding hydrogens is 358 g/mol. The fraction of sp³-hybridized carbons (Fsp3) is 0.600. The van der Waals surface area contributed by atoms with Crippen LogP contribution in [0.4, 0.5) is 0 Å². The molecule has 0 bridgehead atoms. The van der Waals surface area contributed by atoms with Gasteiger partial charge in [0.1, 0.15) is 5.56 Å². The first kappa shape index (κ1) is 17.5. The number of piperidine rings is 1. The summed E-state index contributed by atoms with van der Waals surface area (Å²) in [6, 6.07) is 1.76. The molecule has 1 saturated carbocycles. The van der Waals surface area contributed by atoms with Gasteiger partial charge in [0.2, 0.25) is 5.91 Å². The fourth-order valence-electron chi connectivity index (χ4n) is 4.76. The zero-order chi connectivity index (χ0) is 19.5. The van der Waals surface area contributed by atoms with E-state index in [9.17, 15) is 14.4 Å². The number of hydrogen-bond acceptors (Lipinski definition) is 4. The van der Waals surface area contributed by atoms with Crippen molar-refractivity contribution in [1.82, 2.24) is 24.4 Å². The van der Waals surface area contributed by atoms with Crippen molar-refractivity contribution in [3.05, 3.63) is 33.9 Å². The van der Waals surface area contributed by atoms with E-state index in [4.69, 9.17) is 0 Å². The normalized spacial score (nSPS) is 25.2. The lowest BCUT2D eigenvalue weighted by atomic mass is 9.78. The maximum Gasteiger partial charge on any atom is 0.285 e. The van der Waals surface area contributed by atoms with E-state index < -0.39 is 11.0 Å². The van der Waals surface area contributed by atoms with Gasteiger partial charge in [-0.15, -0.1) is 0 Å². The highest BCUT2D eigenvalue weighted by atomic mass is 16.2. The number of carbonyl (C=O) groups is 2. The molecule has 1 atom stereocenters. The summed E-state index contributed by atoms with van der Waals surface area (Å²) in [6.07, 6.45) is 6.29. The predicted molar refractivity (Wildman–Crippen MR) is 102 cm³/mol. The second-order valence-corrected chi connectivity index (χ2v) is 8.66. The van der Waals surface area contributed by atoms with Crippen LogP contribution >= 0.6 is 0 Å². The summed E-state index contributed by atoms with van der Waals surface area (Å²) in [6.45, 7) is 4.44. The van der Waals surface area contributed by atoms with Crippen molar-refractivity contribution in [2.45, 2.75) is 39.0 Å². The molecule has 148 valence electrons. The van der Waals surface area contributed by atoms with Gasteiger partial charge in [-0.25, -0.2) is 9.50 Å². The zero-order valence-corrected chi connectivity index (χ0v) is 16.1. The second kappa shape index (κ2) is 6.18. The molecule has 1 N–H and O–H groups in total. The van der Waals surface area contributed by atoms with Crippen LogP contribution in [0.5, 0.6) is 0 Å². The van der Waals surface area contributed by atoms with Crippen molar-refractivity contribution in [3.8, 4) is 0 Å². The molecule has 8 nitrogen and oxygen atoms in total. The first-order valence-corrected chi connectivity index (χ1v) is 10.1. The van der Waals surface area contributed by atoms with Gasteiger partial charge in [-0.2, -0.15) is 0 Å². The largest absolute Gasteiger partial charge is 0.342 e. The van der Waals surface area contributed by atoms with Gasteiger partial charge in [0, 0.05) is 44.1 Å². The van der Waals surface area contributed by atoms with Gasteiger partial charge in [-0.3, -0.25) is 19.5 Å². The predicted octanol–water partition coefficient (Wildman–Crippen LogP) is 1.20. The average molecular weight is 383 g/mol. The van der Waals surface area contributed by atoms with Gasteiger partial charge >= 0.3 is 0 Å². The minimum atomic E-state index is -0.473. The van der Waals surface area contributed by atoms with Gasteiger partial charge in [-0.05, 0) is 44.9 Å². The van der Waals surface area contributed by atoms with E-state index in [2.05, 4.69) is 10.1 Å². The maximum atomic E-state index is 13.2. The Bertz CT molecular complexity index is 1020. The molecule has 5 rings (SSSR count). The molecule has 0 aromatic carbocycles. The molecular formula is C20H25N5O3. The van der Waals surface area contributed by atoms with Gasteiger partial charge in [-0.1, -0.05) is 0 Å². The SMILES string of the molecule is Cc1cc2ncc(C(=O)N3CCC4(CCCN(CC5CC5)C4=O)C3)c(=O)n2[nH]1. The first-order chi connectivity index (χ1) is 13.5. The topological polar surface area (TPSA) is 90.8 Å². The van der Waals surface area contributed by atoms with E-state index >= 15 is 0 Å². The van der Waals surface area contributed by atoms with Gasteiger partial charge in [0.25, 0.3) is 11.5 Å². The number of hydrogen-bond donors (Lipinski definition) is 1. The summed E-state index contributed by atoms with van der Waals surface area (Å²) >= 11 is 0. The van der Waals surface area contributed by atoms with E-state index in [0.29, 0.717) is 31.1 Å². The van der Waals surface area contributed by atoms with Crippen LogP contribution in [0.25, 0.3) is 5.65 Å². The molecule has 2 aromatic heterocycles. The summed E-state index contributed by atoms with van der Waals surface area (Å²) in [4.78, 5) is 46.9. The molecule has 2 saturated heterocycles. The van der Waals surface area contributed by atoms with Gasteiger partial charge in [0.05, 0.1) is 5.41 Å². The molecule has 8 heteroatoms. The Morgan fingerprint density at radius 3 is 2.89 bits per heavy atom. The minimum absolute atomic E-state index is 0.0505. The number of fused-ring (bicyclic) bond motifs is 1. The third-order valence-electron chi connectivity index (χ3n) is 6.49. The first-order valence-electron chi connectivity index (χ1n) is 10.1. The highest BCUT2D eigenvalue weighted by Crippen LogP contribution is 2.41. The fourth-order valence-corrected chi connectivity index (χ4v) is 4.76. The third-order valence-corrected chi connectivity index (χ3v) is 6.49. The lowest BCUT2D eigenvalue weighted by Crippen LogP contribution is -2.51. The van der Waals surface area contributed by atoms with Crippen LogP contribution in [-0.2, 0) is 4.79 Å². The van der Waals surface area contributed by atoms with Crippen LogP contribution in [-0.4, -0.2) is 62.4 Å². The number of rotatable bonds is 3. The van der Waals surface area contributed by atoms with Gasteiger partial charge in [0.15, 0.2) is 5.65 Å². The Kier molecular flexibility index (Phi) is 3.86. The number of H-pyrrole nitrogens is 1. The third kappa shape index (κ3) is 2.73. The Hall–Kier alpha value is -2.64. The van der Waals surface area contributed by atoms with E-state index in [1.165, 1.54) is 23.6 Å². The number of nitrogens with zero attached hydrogens (tertiary/aromatic N) is 4. The number of nitrogens with one attached hydrogen (secondary N) is 1. The molecule has 4 heterocycles. The second-order valence-electron chi connectivity index (χ2n) is 8.66. The van der Waals surface area contributed by atoms with Crippen molar-refractivity contribution in [2.24, 2.45) is 11.3 Å². The molecule has 1 unspecified atom stereocenters. The molecule has 1 spiro atoms. The Balaban J connectivity index is 1.38. The minimum Gasteiger partial charge on any atom is -0.342 e. The lowest BCUT2D eigenvalue weighted by molar-refractivity contribution is -0.145. The Morgan fingerprint density at radius 2 is 2.11 bits per heavy atom. The average Bonchev–Trinajstić information content (AvgIpc) is 3.25. The van der Waals surface area contributed by atoms with Crippen LogP contribution < -0.4 is 5.56 Å². The summed E-state index contributed by atoms with van der Waals surface area (Å²) in [5.41, 5.74) is 0.483. The van der Waals surface area contributed by atoms with E-state index in [-0.39, 0.29) is 17.4 Å². The number of aromatic amines is 1. The molecule has 2 aromatic rings. The van der Waals surface area contributed by atoms with Gasteiger partial charge < -0.3 is 9.80 Å². The summed E-state index contributed by atoms with van der Waals surface area (Å²) in [5.74, 6) is 0.537. The highest BCUT2D eigenvalue weighted by molar-refractivity contribution is 5.95. The smallest absolute Gasteiger partial charge is 0.285 e. The quantitative estimate of drug-likeness (QED) is 0.862. The van der Waals surface area contributed by atoms with Crippen molar-refractivity contribution < 1.29 is 9.59 Å². The molecule has 28 heavy (non-hydrogen) atoms. The van der Waals surface area contributed by atoms with Crippen molar-refractivity contribution >= 4 is 17.5 Å². The molecule has 0 radical (unpaired) electrons. The van der Waals surface area contributed by atoms with Crippen LogP contribution in [0.3, 0.4) is 0 Å². The Labute approximate surface area is 162 Å². The number of likely N-dealkylation sites (tertiary alicyclic amines) is 2. The lowest BCUT2D eigenvalue weighted by Gasteiger charge is -2.39. The van der Waals surface area contributed by atoms with E-state index in [1.807, 2.05) is 11.8 Å². The zero-order valence-electron chi connectivity index (χ0n) is 16.1. The van der Waals surface area contributed by atoms with Crippen LogP contribution in [0.15, 0.2) is 17.1 Å². The maximum absolute atomic E-state index is 13.2. The molecule has 1 aliphatic carbocycles. The monoisotopic (exact) mass is 383 g/mol. The van der Waals surface area contributed by atoms with E-state index in [0.717, 1.165) is 31.6 Å². The molecule has 3 fully saturated rings. The number of aromatic nitrogens is 3. The van der Waals surface area contributed by atoms with Crippen LogP contribution in [0, 0.1) is 18.3 Å². The van der Waals surface area contributed by atoms with Crippen molar-refractivity contribution in [2.75, 3.05) is 26.2 Å². The number of aryl methyl sites for hydroxylation is 1. The van der Waals surface area contributed by atoms with Crippen molar-refractivity contribution in [1.29, 1.82) is 0 Å². The molecule has 3 aliphatic rings. The summed E-state index contributed by atoms with van der Waals surface area (Å²) in [7, 11) is 0. The highest BCUT2D eigenvalue weighted by Gasteiger charge is 2.50. The number of amides is 2.